The van der Waals surface area contributed by atoms with Crippen molar-refractivity contribution >= 4 is 5.97 Å². The third kappa shape index (κ3) is 13.5. The Hall–Kier alpha value is -0.610. The average molecular weight is 258 g/mol. The fourth-order valence-corrected chi connectivity index (χ4v) is 1.61. The third-order valence-electron chi connectivity index (χ3n) is 2.70. The van der Waals surface area contributed by atoms with Crippen LogP contribution in [-0.4, -0.2) is 51.2 Å². The SMILES string of the molecule is CCCCCOC(=O)CCCNCCCN(C)C. The molecule has 0 bridgehead atoms. The quantitative estimate of drug-likeness (QED) is 0.430. The van der Waals surface area contributed by atoms with Crippen LogP contribution in [0.5, 0.6) is 0 Å². The lowest BCUT2D eigenvalue weighted by Gasteiger charge is -2.09. The van der Waals surface area contributed by atoms with Crippen LogP contribution in [0.2, 0.25) is 0 Å². The predicted molar refractivity (Wildman–Crippen MR) is 75.8 cm³/mol. The van der Waals surface area contributed by atoms with Crippen LogP contribution < -0.4 is 5.32 Å². The fourth-order valence-electron chi connectivity index (χ4n) is 1.61. The Morgan fingerprint density at radius 2 is 1.83 bits per heavy atom. The van der Waals surface area contributed by atoms with Crippen LogP contribution in [0, 0.1) is 0 Å². The van der Waals surface area contributed by atoms with Gasteiger partial charge in [0.1, 0.15) is 0 Å². The van der Waals surface area contributed by atoms with Crippen molar-refractivity contribution in [1.82, 2.24) is 10.2 Å². The summed E-state index contributed by atoms with van der Waals surface area (Å²) >= 11 is 0. The topological polar surface area (TPSA) is 41.6 Å². The smallest absolute Gasteiger partial charge is 0.305 e. The molecule has 1 N–H and O–H groups in total. The second-order valence-electron chi connectivity index (χ2n) is 4.94. The fraction of sp³-hybridized carbons (Fsp3) is 0.929. The summed E-state index contributed by atoms with van der Waals surface area (Å²) in [6.07, 6.45) is 5.84. The molecule has 0 saturated heterocycles. The Kier molecular flexibility index (Phi) is 12.4. The Labute approximate surface area is 112 Å². The summed E-state index contributed by atoms with van der Waals surface area (Å²) in [4.78, 5) is 13.5. The highest BCUT2D eigenvalue weighted by atomic mass is 16.5. The molecular weight excluding hydrogens is 228 g/mol. The van der Waals surface area contributed by atoms with E-state index in [1.165, 1.54) is 0 Å². The van der Waals surface area contributed by atoms with Crippen molar-refractivity contribution in [2.75, 3.05) is 40.3 Å². The van der Waals surface area contributed by atoms with Crippen molar-refractivity contribution in [3.63, 3.8) is 0 Å². The summed E-state index contributed by atoms with van der Waals surface area (Å²) < 4.78 is 5.13. The molecule has 4 nitrogen and oxygen atoms in total. The number of carbonyl (C=O) groups excluding carboxylic acids is 1. The van der Waals surface area contributed by atoms with Crippen molar-refractivity contribution < 1.29 is 9.53 Å². The van der Waals surface area contributed by atoms with Crippen LogP contribution in [0.25, 0.3) is 0 Å². The molecule has 0 spiro atoms. The Bertz CT molecular complexity index is 196. The second-order valence-corrected chi connectivity index (χ2v) is 4.94. The van der Waals surface area contributed by atoms with E-state index in [0.717, 1.165) is 51.7 Å². The first-order valence-electron chi connectivity index (χ1n) is 7.18. The Morgan fingerprint density at radius 3 is 2.50 bits per heavy atom. The molecule has 0 aliphatic heterocycles. The third-order valence-corrected chi connectivity index (χ3v) is 2.70. The van der Waals surface area contributed by atoms with Gasteiger partial charge in [0.15, 0.2) is 0 Å². The zero-order valence-electron chi connectivity index (χ0n) is 12.3. The maximum atomic E-state index is 11.3. The van der Waals surface area contributed by atoms with E-state index in [-0.39, 0.29) is 5.97 Å². The van der Waals surface area contributed by atoms with Gasteiger partial charge in [-0.05, 0) is 53.0 Å². The standard InChI is InChI=1S/C14H30N2O2/c1-4-5-6-13-18-14(17)9-7-10-15-11-8-12-16(2)3/h15H,4-13H2,1-3H3. The highest BCUT2D eigenvalue weighted by Crippen LogP contribution is 1.97. The minimum atomic E-state index is -0.0544. The molecule has 0 aromatic rings. The van der Waals surface area contributed by atoms with Gasteiger partial charge in [-0.1, -0.05) is 19.8 Å². The van der Waals surface area contributed by atoms with Gasteiger partial charge in [0.25, 0.3) is 0 Å². The number of nitrogens with one attached hydrogen (secondary N) is 1. The van der Waals surface area contributed by atoms with Gasteiger partial charge in [-0.25, -0.2) is 0 Å². The van der Waals surface area contributed by atoms with Crippen molar-refractivity contribution in [3.8, 4) is 0 Å². The number of unbranched alkanes of at least 4 members (excludes halogenated alkanes) is 2. The molecule has 108 valence electrons. The molecule has 18 heavy (non-hydrogen) atoms. The minimum Gasteiger partial charge on any atom is -0.466 e. The average Bonchev–Trinajstić information content (AvgIpc) is 2.33. The van der Waals surface area contributed by atoms with Gasteiger partial charge in [-0.15, -0.1) is 0 Å². The molecule has 0 aliphatic rings. The number of hydrogen-bond donors (Lipinski definition) is 1. The number of esters is 1. The minimum absolute atomic E-state index is 0.0544. The molecule has 0 aromatic heterocycles. The molecule has 0 fully saturated rings. The molecule has 0 atom stereocenters. The number of rotatable bonds is 12. The van der Waals surface area contributed by atoms with E-state index in [0.29, 0.717) is 13.0 Å². The summed E-state index contributed by atoms with van der Waals surface area (Å²) in [7, 11) is 4.16. The molecule has 0 rings (SSSR count). The van der Waals surface area contributed by atoms with Crippen LogP contribution >= 0.6 is 0 Å². The number of nitrogens with zero attached hydrogens (tertiary/aromatic N) is 1. The molecule has 0 radical (unpaired) electrons. The van der Waals surface area contributed by atoms with Crippen LogP contribution in [0.1, 0.15) is 45.4 Å². The molecule has 0 unspecified atom stereocenters. The molecule has 0 aromatic carbocycles. The van der Waals surface area contributed by atoms with Crippen LogP contribution in [0.4, 0.5) is 0 Å². The van der Waals surface area contributed by atoms with E-state index in [1.807, 2.05) is 0 Å². The summed E-state index contributed by atoms with van der Waals surface area (Å²) in [6.45, 7) is 5.75. The maximum Gasteiger partial charge on any atom is 0.305 e. The summed E-state index contributed by atoms with van der Waals surface area (Å²) in [5.41, 5.74) is 0. The largest absolute Gasteiger partial charge is 0.466 e. The monoisotopic (exact) mass is 258 g/mol. The molecule has 0 amide bonds. The van der Waals surface area contributed by atoms with Crippen molar-refractivity contribution in [1.29, 1.82) is 0 Å². The van der Waals surface area contributed by atoms with Gasteiger partial charge in [0, 0.05) is 6.42 Å². The highest BCUT2D eigenvalue weighted by molar-refractivity contribution is 5.69. The molecule has 0 saturated carbocycles. The summed E-state index contributed by atoms with van der Waals surface area (Å²) in [5, 5.41) is 3.34. The maximum absolute atomic E-state index is 11.3. The zero-order valence-corrected chi connectivity index (χ0v) is 12.3. The summed E-state index contributed by atoms with van der Waals surface area (Å²) in [6, 6.07) is 0. The van der Waals surface area contributed by atoms with E-state index in [4.69, 9.17) is 4.74 Å². The van der Waals surface area contributed by atoms with Crippen molar-refractivity contribution in [3.05, 3.63) is 0 Å². The predicted octanol–water partition coefficient (Wildman–Crippen LogP) is 2.04. The van der Waals surface area contributed by atoms with Gasteiger partial charge in [0.05, 0.1) is 6.61 Å². The first kappa shape index (κ1) is 17.4. The van der Waals surface area contributed by atoms with E-state index in [2.05, 4.69) is 31.2 Å². The van der Waals surface area contributed by atoms with Crippen molar-refractivity contribution in [2.24, 2.45) is 0 Å². The van der Waals surface area contributed by atoms with E-state index >= 15 is 0 Å². The molecular formula is C14H30N2O2. The Balaban J connectivity index is 3.15. The van der Waals surface area contributed by atoms with E-state index in [9.17, 15) is 4.79 Å². The van der Waals surface area contributed by atoms with Gasteiger partial charge < -0.3 is 15.0 Å². The number of ether oxygens (including phenoxy) is 1. The Morgan fingerprint density at radius 1 is 1.11 bits per heavy atom. The zero-order chi connectivity index (χ0) is 13.6. The van der Waals surface area contributed by atoms with Crippen LogP contribution in [-0.2, 0) is 9.53 Å². The van der Waals surface area contributed by atoms with E-state index < -0.39 is 0 Å². The first-order valence-corrected chi connectivity index (χ1v) is 7.18. The molecule has 0 aliphatic carbocycles. The summed E-state index contributed by atoms with van der Waals surface area (Å²) in [5.74, 6) is -0.0544. The van der Waals surface area contributed by atoms with Gasteiger partial charge in [0.2, 0.25) is 0 Å². The van der Waals surface area contributed by atoms with Crippen LogP contribution in [0.15, 0.2) is 0 Å². The van der Waals surface area contributed by atoms with E-state index in [1.54, 1.807) is 0 Å². The normalized spacial score (nSPS) is 10.9. The number of hydrogen-bond acceptors (Lipinski definition) is 4. The van der Waals surface area contributed by atoms with Gasteiger partial charge >= 0.3 is 5.97 Å². The highest BCUT2D eigenvalue weighted by Gasteiger charge is 2.01. The lowest BCUT2D eigenvalue weighted by molar-refractivity contribution is -0.143. The van der Waals surface area contributed by atoms with Gasteiger partial charge in [-0.2, -0.15) is 0 Å². The van der Waals surface area contributed by atoms with Gasteiger partial charge in [-0.3, -0.25) is 4.79 Å². The number of carbonyl (C=O) groups is 1. The first-order chi connectivity index (χ1) is 8.66. The second kappa shape index (κ2) is 12.8. The van der Waals surface area contributed by atoms with Crippen LogP contribution in [0.3, 0.4) is 0 Å². The molecule has 4 heteroatoms. The molecule has 0 heterocycles. The van der Waals surface area contributed by atoms with Crippen molar-refractivity contribution in [2.45, 2.75) is 45.4 Å². The lowest BCUT2D eigenvalue weighted by atomic mass is 10.2. The lowest BCUT2D eigenvalue weighted by Crippen LogP contribution is -2.22.